The molecule has 0 aromatic heterocycles. The first-order valence-electron chi connectivity index (χ1n) is 6.29. The topological polar surface area (TPSA) is 26.0 Å². The van der Waals surface area contributed by atoms with Gasteiger partial charge in [-0.25, -0.2) is 8.78 Å². The molecular formula is C14H19F2N. The molecule has 0 bridgehead atoms. The maximum absolute atomic E-state index is 13.7. The summed E-state index contributed by atoms with van der Waals surface area (Å²) in [5.74, 6) is -0.175. The summed E-state index contributed by atoms with van der Waals surface area (Å²) in [5.41, 5.74) is 6.64. The van der Waals surface area contributed by atoms with Gasteiger partial charge in [-0.05, 0) is 37.0 Å². The van der Waals surface area contributed by atoms with Gasteiger partial charge in [0.15, 0.2) is 0 Å². The smallest absolute Gasteiger partial charge is 0.128 e. The zero-order valence-electron chi connectivity index (χ0n) is 10.2. The highest BCUT2D eigenvalue weighted by atomic mass is 19.1. The number of nitrogens with two attached hydrogens (primary N) is 1. The molecule has 0 radical (unpaired) electrons. The third kappa shape index (κ3) is 2.83. The van der Waals surface area contributed by atoms with Crippen molar-refractivity contribution >= 4 is 0 Å². The fraction of sp³-hybridized carbons (Fsp3) is 0.571. The van der Waals surface area contributed by atoms with Crippen LogP contribution in [0, 0.1) is 24.5 Å². The molecule has 1 atom stereocenters. The summed E-state index contributed by atoms with van der Waals surface area (Å²) in [7, 11) is 0. The van der Waals surface area contributed by atoms with Gasteiger partial charge < -0.3 is 5.73 Å². The molecule has 2 N–H and O–H groups in total. The van der Waals surface area contributed by atoms with Crippen molar-refractivity contribution in [1.29, 1.82) is 0 Å². The lowest BCUT2D eigenvalue weighted by molar-refractivity contribution is 0.437. The van der Waals surface area contributed by atoms with Crippen molar-refractivity contribution in [3.05, 3.63) is 34.9 Å². The molecule has 0 saturated heterocycles. The van der Waals surface area contributed by atoms with E-state index in [0.717, 1.165) is 6.42 Å². The van der Waals surface area contributed by atoms with Crippen molar-refractivity contribution in [2.24, 2.45) is 11.7 Å². The Kier molecular flexibility index (Phi) is 3.77. The van der Waals surface area contributed by atoms with E-state index in [1.54, 1.807) is 6.92 Å². The molecule has 1 nitrogen and oxygen atoms in total. The molecule has 94 valence electrons. The number of benzene rings is 1. The molecule has 1 unspecified atom stereocenters. The average Bonchev–Trinajstić information content (AvgIpc) is 2.76. The summed E-state index contributed by atoms with van der Waals surface area (Å²) < 4.78 is 27.1. The van der Waals surface area contributed by atoms with Crippen LogP contribution in [0.4, 0.5) is 8.78 Å². The number of hydrogen-bond acceptors (Lipinski definition) is 1. The van der Waals surface area contributed by atoms with Crippen LogP contribution in [0.15, 0.2) is 12.1 Å². The van der Waals surface area contributed by atoms with Gasteiger partial charge in [0.25, 0.3) is 0 Å². The molecule has 1 saturated carbocycles. The van der Waals surface area contributed by atoms with E-state index in [1.165, 1.54) is 37.8 Å². The SMILES string of the molecule is Cc1cc(F)c(C(N)CC2CCCC2)cc1F. The second-order valence-electron chi connectivity index (χ2n) is 5.12. The zero-order chi connectivity index (χ0) is 12.4. The van der Waals surface area contributed by atoms with Gasteiger partial charge in [-0.1, -0.05) is 25.7 Å². The standard InChI is InChI=1S/C14H19F2N/c1-9-6-13(16)11(8-12(9)15)14(17)7-10-4-2-3-5-10/h6,8,10,14H,2-5,7,17H2,1H3. The average molecular weight is 239 g/mol. The van der Waals surface area contributed by atoms with Crippen LogP contribution in [-0.4, -0.2) is 0 Å². The highest BCUT2D eigenvalue weighted by Crippen LogP contribution is 2.33. The first-order valence-corrected chi connectivity index (χ1v) is 6.29. The van der Waals surface area contributed by atoms with Gasteiger partial charge in [0.2, 0.25) is 0 Å². The Balaban J connectivity index is 2.12. The number of halogens is 2. The lowest BCUT2D eigenvalue weighted by atomic mass is 9.93. The minimum absolute atomic E-state index is 0.319. The van der Waals surface area contributed by atoms with Gasteiger partial charge >= 0.3 is 0 Å². The highest BCUT2D eigenvalue weighted by Gasteiger charge is 2.21. The molecule has 3 heteroatoms. The van der Waals surface area contributed by atoms with Gasteiger partial charge in [-0.15, -0.1) is 0 Å². The van der Waals surface area contributed by atoms with Crippen LogP contribution >= 0.6 is 0 Å². The molecule has 0 aliphatic heterocycles. The number of hydrogen-bond donors (Lipinski definition) is 1. The normalized spacial score (nSPS) is 18.6. The summed E-state index contributed by atoms with van der Waals surface area (Å²) in [6, 6.07) is 2.11. The van der Waals surface area contributed by atoms with Crippen molar-refractivity contribution in [1.82, 2.24) is 0 Å². The summed E-state index contributed by atoms with van der Waals surface area (Å²) in [5, 5.41) is 0. The molecular weight excluding hydrogens is 220 g/mol. The minimum Gasteiger partial charge on any atom is -0.324 e. The van der Waals surface area contributed by atoms with E-state index in [2.05, 4.69) is 0 Å². The Morgan fingerprint density at radius 2 is 1.88 bits per heavy atom. The molecule has 2 rings (SSSR count). The third-order valence-electron chi connectivity index (χ3n) is 3.74. The maximum Gasteiger partial charge on any atom is 0.128 e. The molecule has 0 amide bonds. The van der Waals surface area contributed by atoms with Gasteiger partial charge in [0.05, 0.1) is 0 Å². The van der Waals surface area contributed by atoms with Crippen molar-refractivity contribution in [3.8, 4) is 0 Å². The van der Waals surface area contributed by atoms with Crippen LogP contribution in [0.5, 0.6) is 0 Å². The fourth-order valence-electron chi connectivity index (χ4n) is 2.68. The minimum atomic E-state index is -0.381. The first kappa shape index (κ1) is 12.5. The Bertz CT molecular complexity index is 397. The first-order chi connectivity index (χ1) is 8.08. The molecule has 1 aliphatic carbocycles. The Morgan fingerprint density at radius 3 is 2.53 bits per heavy atom. The summed E-state index contributed by atoms with van der Waals surface area (Å²) >= 11 is 0. The van der Waals surface area contributed by atoms with Crippen LogP contribution < -0.4 is 5.73 Å². The summed E-state index contributed by atoms with van der Waals surface area (Å²) in [6.45, 7) is 1.56. The molecule has 0 heterocycles. The lowest BCUT2D eigenvalue weighted by Gasteiger charge is -2.17. The second-order valence-corrected chi connectivity index (χ2v) is 5.12. The van der Waals surface area contributed by atoms with Gasteiger partial charge in [-0.3, -0.25) is 0 Å². The molecule has 1 fully saturated rings. The van der Waals surface area contributed by atoms with Gasteiger partial charge in [0.1, 0.15) is 11.6 Å². The Labute approximate surface area is 101 Å². The molecule has 0 spiro atoms. The van der Waals surface area contributed by atoms with Crippen molar-refractivity contribution in [2.75, 3.05) is 0 Å². The van der Waals surface area contributed by atoms with Crippen LogP contribution in [0.1, 0.15) is 49.3 Å². The molecule has 1 aliphatic rings. The van der Waals surface area contributed by atoms with Crippen molar-refractivity contribution in [2.45, 2.75) is 45.1 Å². The van der Waals surface area contributed by atoms with E-state index in [0.29, 0.717) is 17.0 Å². The van der Waals surface area contributed by atoms with E-state index in [9.17, 15) is 8.78 Å². The van der Waals surface area contributed by atoms with Crippen LogP contribution in [0.3, 0.4) is 0 Å². The second kappa shape index (κ2) is 5.13. The van der Waals surface area contributed by atoms with E-state index in [1.807, 2.05) is 0 Å². The monoisotopic (exact) mass is 239 g/mol. The summed E-state index contributed by atoms with van der Waals surface area (Å²) in [4.78, 5) is 0. The number of aryl methyl sites for hydroxylation is 1. The molecule has 17 heavy (non-hydrogen) atoms. The van der Waals surface area contributed by atoms with Crippen LogP contribution in [-0.2, 0) is 0 Å². The van der Waals surface area contributed by atoms with E-state index < -0.39 is 0 Å². The number of rotatable bonds is 3. The highest BCUT2D eigenvalue weighted by molar-refractivity contribution is 5.27. The zero-order valence-corrected chi connectivity index (χ0v) is 10.2. The van der Waals surface area contributed by atoms with Crippen LogP contribution in [0.25, 0.3) is 0 Å². The van der Waals surface area contributed by atoms with E-state index in [4.69, 9.17) is 5.73 Å². The maximum atomic E-state index is 13.7. The largest absolute Gasteiger partial charge is 0.324 e. The van der Waals surface area contributed by atoms with E-state index >= 15 is 0 Å². The summed E-state index contributed by atoms with van der Waals surface area (Å²) in [6.07, 6.45) is 5.58. The molecule has 1 aromatic rings. The predicted molar refractivity (Wildman–Crippen MR) is 64.6 cm³/mol. The third-order valence-corrected chi connectivity index (χ3v) is 3.74. The van der Waals surface area contributed by atoms with Gasteiger partial charge in [-0.2, -0.15) is 0 Å². The Morgan fingerprint density at radius 1 is 1.24 bits per heavy atom. The Hall–Kier alpha value is -0.960. The fourth-order valence-corrected chi connectivity index (χ4v) is 2.68. The molecule has 1 aromatic carbocycles. The quantitative estimate of drug-likeness (QED) is 0.851. The lowest BCUT2D eigenvalue weighted by Crippen LogP contribution is -2.16. The predicted octanol–water partition coefficient (Wildman–Crippen LogP) is 3.85. The van der Waals surface area contributed by atoms with Gasteiger partial charge in [0, 0.05) is 11.6 Å². The van der Waals surface area contributed by atoms with Crippen molar-refractivity contribution < 1.29 is 8.78 Å². The van der Waals surface area contributed by atoms with E-state index in [-0.39, 0.29) is 17.7 Å². The van der Waals surface area contributed by atoms with Crippen LogP contribution in [0.2, 0.25) is 0 Å². The van der Waals surface area contributed by atoms with Crippen molar-refractivity contribution in [3.63, 3.8) is 0 Å².